The molecule has 1 aromatic carbocycles. The lowest BCUT2D eigenvalue weighted by atomic mass is 10.1. The van der Waals surface area contributed by atoms with Crippen molar-refractivity contribution in [3.8, 4) is 16.2 Å². The molecule has 22 heavy (non-hydrogen) atoms. The maximum Gasteiger partial charge on any atom is 0.349 e. The molecule has 1 atom stereocenters. The second-order valence-corrected chi connectivity index (χ2v) is 6.15. The van der Waals surface area contributed by atoms with Crippen LogP contribution < -0.4 is 4.74 Å². The predicted molar refractivity (Wildman–Crippen MR) is 78.9 cm³/mol. The van der Waals surface area contributed by atoms with Gasteiger partial charge in [0.15, 0.2) is 0 Å². The van der Waals surface area contributed by atoms with Crippen molar-refractivity contribution in [1.29, 1.82) is 0 Å². The fourth-order valence-electron chi connectivity index (χ4n) is 2.57. The molecule has 3 heterocycles. The first-order valence-corrected chi connectivity index (χ1v) is 7.76. The van der Waals surface area contributed by atoms with Crippen molar-refractivity contribution in [2.75, 3.05) is 6.61 Å². The number of fused-ring (bicyclic) bond motifs is 3. The summed E-state index contributed by atoms with van der Waals surface area (Å²) in [5, 5.41) is 0. The molecule has 6 heteroatoms. The van der Waals surface area contributed by atoms with Crippen LogP contribution in [0.2, 0.25) is 0 Å². The van der Waals surface area contributed by atoms with Crippen LogP contribution in [-0.4, -0.2) is 24.6 Å². The highest BCUT2D eigenvalue weighted by atomic mass is 32.1. The van der Waals surface area contributed by atoms with E-state index < -0.39 is 18.0 Å². The summed E-state index contributed by atoms with van der Waals surface area (Å²) in [5.74, 6) is -0.139. The van der Waals surface area contributed by atoms with Crippen molar-refractivity contribution in [3.63, 3.8) is 0 Å². The van der Waals surface area contributed by atoms with E-state index in [0.717, 1.165) is 21.8 Å². The first-order chi connectivity index (χ1) is 10.7. The van der Waals surface area contributed by atoms with Crippen molar-refractivity contribution < 1.29 is 23.8 Å². The Balaban J connectivity index is 1.62. The zero-order valence-electron chi connectivity index (χ0n) is 11.5. The summed E-state index contributed by atoms with van der Waals surface area (Å²) in [6.07, 6.45) is -0.364. The molecule has 1 fully saturated rings. The van der Waals surface area contributed by atoms with E-state index >= 15 is 0 Å². The van der Waals surface area contributed by atoms with Crippen molar-refractivity contribution >= 4 is 23.3 Å². The average molecular weight is 316 g/mol. The van der Waals surface area contributed by atoms with Gasteiger partial charge in [-0.15, -0.1) is 11.3 Å². The number of thiophene rings is 1. The molecule has 0 bridgehead atoms. The second kappa shape index (κ2) is 5.14. The maximum absolute atomic E-state index is 12.2. The van der Waals surface area contributed by atoms with Gasteiger partial charge in [0.25, 0.3) is 0 Å². The number of cyclic esters (lactones) is 1. The van der Waals surface area contributed by atoms with Crippen molar-refractivity contribution in [3.05, 3.63) is 40.8 Å². The largest absolute Gasteiger partial charge is 0.488 e. The molecule has 1 unspecified atom stereocenters. The highest BCUT2D eigenvalue weighted by Gasteiger charge is 2.31. The van der Waals surface area contributed by atoms with Gasteiger partial charge in [0.1, 0.15) is 17.2 Å². The van der Waals surface area contributed by atoms with E-state index in [4.69, 9.17) is 14.2 Å². The van der Waals surface area contributed by atoms with Gasteiger partial charge in [0.2, 0.25) is 6.10 Å². The summed E-state index contributed by atoms with van der Waals surface area (Å²) >= 11 is 1.36. The quantitative estimate of drug-likeness (QED) is 0.797. The molecule has 0 saturated carbocycles. The third-order valence-electron chi connectivity index (χ3n) is 3.66. The Bertz CT molecular complexity index is 764. The molecule has 2 aliphatic heterocycles. The smallest absolute Gasteiger partial charge is 0.349 e. The summed E-state index contributed by atoms with van der Waals surface area (Å²) in [4.78, 5) is 25.1. The monoisotopic (exact) mass is 316 g/mol. The Kier molecular flexibility index (Phi) is 3.11. The van der Waals surface area contributed by atoms with E-state index in [0.29, 0.717) is 24.5 Å². The minimum absolute atomic E-state index is 0.304. The number of hydrogen-bond acceptors (Lipinski definition) is 6. The van der Waals surface area contributed by atoms with Gasteiger partial charge in [-0.2, -0.15) is 0 Å². The lowest BCUT2D eigenvalue weighted by Crippen LogP contribution is -2.22. The number of benzene rings is 1. The van der Waals surface area contributed by atoms with Crippen LogP contribution in [0.25, 0.3) is 10.4 Å². The number of hydrogen-bond donors (Lipinski definition) is 0. The van der Waals surface area contributed by atoms with E-state index in [1.165, 1.54) is 11.3 Å². The fourth-order valence-corrected chi connectivity index (χ4v) is 3.65. The molecule has 2 aliphatic rings. The zero-order valence-corrected chi connectivity index (χ0v) is 12.4. The summed E-state index contributed by atoms with van der Waals surface area (Å²) in [5.41, 5.74) is 1.94. The minimum atomic E-state index is -0.782. The van der Waals surface area contributed by atoms with Crippen LogP contribution in [0.3, 0.4) is 0 Å². The van der Waals surface area contributed by atoms with Gasteiger partial charge in [-0.3, -0.25) is 0 Å². The molecule has 0 N–H and O–H groups in total. The number of para-hydroxylation sites is 1. The maximum atomic E-state index is 12.2. The van der Waals surface area contributed by atoms with E-state index in [9.17, 15) is 9.59 Å². The second-order valence-electron chi connectivity index (χ2n) is 5.10. The summed E-state index contributed by atoms with van der Waals surface area (Å²) < 4.78 is 15.7. The van der Waals surface area contributed by atoms with E-state index in [-0.39, 0.29) is 0 Å². The Hall–Kier alpha value is -2.34. The number of esters is 2. The minimum Gasteiger partial charge on any atom is -0.488 e. The number of carbonyl (C=O) groups excluding carboxylic acids is 2. The van der Waals surface area contributed by atoms with Crippen LogP contribution >= 0.6 is 11.3 Å². The SMILES string of the molecule is O=C(OC1CCOC1=O)c1cc2c(s1)-c1ccccc1OC2. The lowest BCUT2D eigenvalue weighted by Gasteiger charge is -2.16. The van der Waals surface area contributed by atoms with Crippen LogP contribution in [0.5, 0.6) is 5.75 Å². The molecular formula is C16H12O5S. The third-order valence-corrected chi connectivity index (χ3v) is 4.85. The normalized spacial score (nSPS) is 18.9. The lowest BCUT2D eigenvalue weighted by molar-refractivity contribution is -0.145. The number of ether oxygens (including phenoxy) is 3. The Labute approximate surface area is 130 Å². The van der Waals surface area contributed by atoms with Gasteiger partial charge >= 0.3 is 11.9 Å². The van der Waals surface area contributed by atoms with E-state index in [1.54, 1.807) is 6.07 Å². The van der Waals surface area contributed by atoms with Crippen LogP contribution in [-0.2, 0) is 20.9 Å². The predicted octanol–water partition coefficient (Wildman–Crippen LogP) is 2.78. The summed E-state index contributed by atoms with van der Waals surface area (Å²) in [6, 6.07) is 9.50. The standard InChI is InChI=1S/C16H12O5S/c17-15-12(5-6-19-15)21-16(18)13-7-9-8-20-11-4-2-1-3-10(11)14(9)22-13/h1-4,7,12H,5-6,8H2. The van der Waals surface area contributed by atoms with Gasteiger partial charge in [-0.25, -0.2) is 9.59 Å². The summed E-state index contributed by atoms with van der Waals surface area (Å²) in [7, 11) is 0. The molecule has 1 aromatic heterocycles. The molecule has 4 rings (SSSR count). The van der Waals surface area contributed by atoms with Gasteiger partial charge in [-0.05, 0) is 18.2 Å². The number of rotatable bonds is 2. The van der Waals surface area contributed by atoms with Crippen LogP contribution in [0.1, 0.15) is 21.7 Å². The van der Waals surface area contributed by atoms with Gasteiger partial charge < -0.3 is 14.2 Å². The van der Waals surface area contributed by atoms with Crippen LogP contribution in [0.4, 0.5) is 0 Å². The molecule has 0 aliphatic carbocycles. The van der Waals surface area contributed by atoms with Crippen LogP contribution in [0.15, 0.2) is 30.3 Å². The Morgan fingerprint density at radius 2 is 2.14 bits per heavy atom. The highest BCUT2D eigenvalue weighted by molar-refractivity contribution is 7.17. The Morgan fingerprint density at radius 1 is 1.27 bits per heavy atom. The Morgan fingerprint density at radius 3 is 2.95 bits per heavy atom. The fraction of sp³-hybridized carbons (Fsp3) is 0.250. The van der Waals surface area contributed by atoms with E-state index in [2.05, 4.69) is 0 Å². The van der Waals surface area contributed by atoms with Gasteiger partial charge in [0.05, 0.1) is 6.61 Å². The molecule has 112 valence electrons. The van der Waals surface area contributed by atoms with Crippen molar-refractivity contribution in [1.82, 2.24) is 0 Å². The van der Waals surface area contributed by atoms with Gasteiger partial charge in [0, 0.05) is 22.4 Å². The van der Waals surface area contributed by atoms with Crippen molar-refractivity contribution in [2.45, 2.75) is 19.1 Å². The average Bonchev–Trinajstić information content (AvgIpc) is 3.14. The molecule has 0 spiro atoms. The highest BCUT2D eigenvalue weighted by Crippen LogP contribution is 2.42. The first-order valence-electron chi connectivity index (χ1n) is 6.95. The molecule has 1 saturated heterocycles. The molecule has 0 amide bonds. The molecule has 2 aromatic rings. The zero-order chi connectivity index (χ0) is 15.1. The molecule has 0 radical (unpaired) electrons. The number of carbonyl (C=O) groups is 2. The van der Waals surface area contributed by atoms with E-state index in [1.807, 2.05) is 24.3 Å². The van der Waals surface area contributed by atoms with Crippen LogP contribution in [0, 0.1) is 0 Å². The third kappa shape index (κ3) is 2.16. The summed E-state index contributed by atoms with van der Waals surface area (Å²) in [6.45, 7) is 0.737. The van der Waals surface area contributed by atoms with Crippen molar-refractivity contribution in [2.24, 2.45) is 0 Å². The first kappa shape index (κ1) is 13.3. The molecular weight excluding hydrogens is 304 g/mol. The topological polar surface area (TPSA) is 61.8 Å². The van der Waals surface area contributed by atoms with Gasteiger partial charge in [-0.1, -0.05) is 12.1 Å². The molecule has 5 nitrogen and oxygen atoms in total.